The van der Waals surface area contributed by atoms with Gasteiger partial charge in [0.25, 0.3) is 0 Å². The number of piperidine rings is 1. The smallest absolute Gasteiger partial charge is 0.249 e. The number of hydrogen-bond acceptors (Lipinski definition) is 6. The summed E-state index contributed by atoms with van der Waals surface area (Å²) in [4.78, 5) is 23.3. The number of nitrogens with one attached hydrogen (secondary N) is 1. The zero-order valence-corrected chi connectivity index (χ0v) is 14.9. The van der Waals surface area contributed by atoms with Gasteiger partial charge in [0, 0.05) is 24.8 Å². The third-order valence-electron chi connectivity index (χ3n) is 5.19. The number of aromatic nitrogens is 2. The molecule has 2 fully saturated rings. The minimum absolute atomic E-state index is 0.0526. The highest BCUT2D eigenvalue weighted by Crippen LogP contribution is 2.33. The summed E-state index contributed by atoms with van der Waals surface area (Å²) < 4.78 is 11.2. The Bertz CT molecular complexity index is 732. The molecule has 0 radical (unpaired) electrons. The predicted octanol–water partition coefficient (Wildman–Crippen LogP) is 1.67. The number of ether oxygens (including phenoxy) is 1. The van der Waals surface area contributed by atoms with Crippen LogP contribution in [0, 0.1) is 12.8 Å². The first kappa shape index (κ1) is 17.2. The minimum atomic E-state index is -0.364. The lowest BCUT2D eigenvalue weighted by atomic mass is 9.91. The van der Waals surface area contributed by atoms with Gasteiger partial charge in [0.15, 0.2) is 0 Å². The Morgan fingerprint density at radius 2 is 2.31 bits per heavy atom. The van der Waals surface area contributed by atoms with E-state index in [0.29, 0.717) is 12.5 Å². The van der Waals surface area contributed by atoms with E-state index in [-0.39, 0.29) is 18.1 Å². The van der Waals surface area contributed by atoms with Gasteiger partial charge in [-0.3, -0.25) is 19.7 Å². The number of carbonyl (C=O) groups is 1. The summed E-state index contributed by atoms with van der Waals surface area (Å²) in [6, 6.07) is 1.99. The first-order valence-corrected chi connectivity index (χ1v) is 9.11. The highest BCUT2D eigenvalue weighted by Gasteiger charge is 2.41. The van der Waals surface area contributed by atoms with E-state index in [9.17, 15) is 4.79 Å². The first-order valence-electron chi connectivity index (χ1n) is 9.11. The molecule has 2 aromatic rings. The van der Waals surface area contributed by atoms with Crippen LogP contribution in [0.1, 0.15) is 29.8 Å². The standard InChI is InChI=1S/C19H24N4O3/c1-13-7-21-16(8-20-13)9-22-19(24)17-6-15-2-4-23(11-18(15)26-17)10-14-3-5-25-12-14/h3,5,7-8,12,15,17-18H,2,4,6,9-11H2,1H3,(H,22,24)/t15-,17-,18+/m0/s1. The maximum absolute atomic E-state index is 12.5. The molecule has 4 rings (SSSR count). The zero-order chi connectivity index (χ0) is 17.9. The molecule has 2 saturated heterocycles. The van der Waals surface area contributed by atoms with Crippen LogP contribution in [0.3, 0.4) is 0 Å². The Morgan fingerprint density at radius 1 is 1.38 bits per heavy atom. The van der Waals surface area contributed by atoms with Crippen LogP contribution in [0.4, 0.5) is 0 Å². The lowest BCUT2D eigenvalue weighted by Gasteiger charge is -2.33. The van der Waals surface area contributed by atoms with Crippen molar-refractivity contribution in [2.24, 2.45) is 5.92 Å². The van der Waals surface area contributed by atoms with Gasteiger partial charge in [0.1, 0.15) is 6.10 Å². The number of rotatable bonds is 5. The van der Waals surface area contributed by atoms with Crippen molar-refractivity contribution in [2.75, 3.05) is 13.1 Å². The largest absolute Gasteiger partial charge is 0.472 e. The average molecular weight is 356 g/mol. The van der Waals surface area contributed by atoms with E-state index in [2.05, 4.69) is 20.2 Å². The average Bonchev–Trinajstić information content (AvgIpc) is 3.30. The second kappa shape index (κ2) is 7.55. The van der Waals surface area contributed by atoms with Crippen LogP contribution >= 0.6 is 0 Å². The number of nitrogens with zero attached hydrogens (tertiary/aromatic N) is 3. The molecule has 7 heteroatoms. The van der Waals surface area contributed by atoms with Gasteiger partial charge in [-0.05, 0) is 38.3 Å². The summed E-state index contributed by atoms with van der Waals surface area (Å²) >= 11 is 0. The normalized spacial score (nSPS) is 25.8. The summed E-state index contributed by atoms with van der Waals surface area (Å²) in [7, 11) is 0. The topological polar surface area (TPSA) is 80.5 Å². The van der Waals surface area contributed by atoms with E-state index in [1.807, 2.05) is 13.0 Å². The molecule has 0 bridgehead atoms. The van der Waals surface area contributed by atoms with Gasteiger partial charge in [-0.25, -0.2) is 0 Å². The Morgan fingerprint density at radius 3 is 3.08 bits per heavy atom. The predicted molar refractivity (Wildman–Crippen MR) is 94.0 cm³/mol. The fraction of sp³-hybridized carbons (Fsp3) is 0.526. The van der Waals surface area contributed by atoms with Crippen molar-refractivity contribution < 1.29 is 13.9 Å². The van der Waals surface area contributed by atoms with Gasteiger partial charge < -0.3 is 14.5 Å². The fourth-order valence-corrected chi connectivity index (χ4v) is 3.75. The molecule has 2 aliphatic heterocycles. The summed E-state index contributed by atoms with van der Waals surface area (Å²) in [5, 5.41) is 2.93. The van der Waals surface area contributed by atoms with Crippen LogP contribution in [0.5, 0.6) is 0 Å². The molecule has 0 spiro atoms. The number of amides is 1. The molecule has 0 aromatic carbocycles. The number of likely N-dealkylation sites (tertiary alicyclic amines) is 1. The Balaban J connectivity index is 1.27. The molecule has 0 saturated carbocycles. The zero-order valence-electron chi connectivity index (χ0n) is 14.9. The van der Waals surface area contributed by atoms with Gasteiger partial charge in [-0.2, -0.15) is 0 Å². The Hall–Kier alpha value is -2.25. The van der Waals surface area contributed by atoms with E-state index in [4.69, 9.17) is 9.15 Å². The van der Waals surface area contributed by atoms with Crippen molar-refractivity contribution in [1.29, 1.82) is 0 Å². The number of fused-ring (bicyclic) bond motifs is 1. The fourth-order valence-electron chi connectivity index (χ4n) is 3.75. The van der Waals surface area contributed by atoms with Crippen molar-refractivity contribution in [1.82, 2.24) is 20.2 Å². The highest BCUT2D eigenvalue weighted by atomic mass is 16.5. The van der Waals surface area contributed by atoms with Gasteiger partial charge in [-0.1, -0.05) is 0 Å². The lowest BCUT2D eigenvalue weighted by Crippen LogP contribution is -2.42. The molecular formula is C19H24N4O3. The molecule has 3 atom stereocenters. The lowest BCUT2D eigenvalue weighted by molar-refractivity contribution is -0.133. The molecule has 2 aromatic heterocycles. The monoisotopic (exact) mass is 356 g/mol. The third kappa shape index (κ3) is 3.94. The van der Waals surface area contributed by atoms with E-state index in [1.165, 1.54) is 5.56 Å². The molecule has 1 amide bonds. The molecule has 138 valence electrons. The maximum Gasteiger partial charge on any atom is 0.249 e. The molecule has 2 aliphatic rings. The van der Waals surface area contributed by atoms with Crippen LogP contribution in [-0.4, -0.2) is 46.1 Å². The molecular weight excluding hydrogens is 332 g/mol. The van der Waals surface area contributed by atoms with Crippen LogP contribution in [-0.2, 0) is 22.6 Å². The van der Waals surface area contributed by atoms with Gasteiger partial charge >= 0.3 is 0 Å². The van der Waals surface area contributed by atoms with Gasteiger partial charge in [-0.15, -0.1) is 0 Å². The number of furan rings is 1. The Labute approximate surface area is 152 Å². The number of carbonyl (C=O) groups excluding carboxylic acids is 1. The van der Waals surface area contributed by atoms with Crippen molar-refractivity contribution in [3.63, 3.8) is 0 Å². The molecule has 0 aliphatic carbocycles. The number of hydrogen-bond donors (Lipinski definition) is 1. The van der Waals surface area contributed by atoms with Crippen molar-refractivity contribution in [3.05, 3.63) is 47.9 Å². The van der Waals surface area contributed by atoms with Crippen LogP contribution < -0.4 is 5.32 Å². The maximum atomic E-state index is 12.5. The summed E-state index contributed by atoms with van der Waals surface area (Å²) in [6.07, 6.45) is 8.52. The third-order valence-corrected chi connectivity index (χ3v) is 5.19. The summed E-state index contributed by atoms with van der Waals surface area (Å²) in [5.74, 6) is 0.411. The highest BCUT2D eigenvalue weighted by molar-refractivity contribution is 5.81. The van der Waals surface area contributed by atoms with E-state index in [0.717, 1.165) is 43.9 Å². The second-order valence-corrected chi connectivity index (χ2v) is 7.18. The van der Waals surface area contributed by atoms with E-state index >= 15 is 0 Å². The minimum Gasteiger partial charge on any atom is -0.472 e. The van der Waals surface area contributed by atoms with Crippen molar-refractivity contribution in [2.45, 2.75) is 45.1 Å². The van der Waals surface area contributed by atoms with Crippen LogP contribution in [0.25, 0.3) is 0 Å². The van der Waals surface area contributed by atoms with Crippen LogP contribution in [0.15, 0.2) is 35.4 Å². The molecule has 0 unspecified atom stereocenters. The molecule has 26 heavy (non-hydrogen) atoms. The van der Waals surface area contributed by atoms with E-state index in [1.54, 1.807) is 24.9 Å². The van der Waals surface area contributed by atoms with Gasteiger partial charge in [0.2, 0.25) is 5.91 Å². The van der Waals surface area contributed by atoms with Crippen molar-refractivity contribution in [3.8, 4) is 0 Å². The first-order chi connectivity index (χ1) is 12.7. The quantitative estimate of drug-likeness (QED) is 0.878. The molecule has 1 N–H and O–H groups in total. The van der Waals surface area contributed by atoms with Crippen molar-refractivity contribution >= 4 is 5.91 Å². The van der Waals surface area contributed by atoms with Gasteiger partial charge in [0.05, 0.1) is 42.8 Å². The summed E-state index contributed by atoms with van der Waals surface area (Å²) in [5.41, 5.74) is 2.80. The molecule has 7 nitrogen and oxygen atoms in total. The summed E-state index contributed by atoms with van der Waals surface area (Å²) in [6.45, 7) is 5.03. The number of aryl methyl sites for hydroxylation is 1. The Kier molecular flexibility index (Phi) is 4.99. The van der Waals surface area contributed by atoms with E-state index < -0.39 is 0 Å². The SMILES string of the molecule is Cc1cnc(CNC(=O)[C@@H]2C[C@@H]3CCN(Cc4ccoc4)C[C@H]3O2)cn1. The molecule has 4 heterocycles. The van der Waals surface area contributed by atoms with Crippen LogP contribution in [0.2, 0.25) is 0 Å². The second-order valence-electron chi connectivity index (χ2n) is 7.18.